The first kappa shape index (κ1) is 11.7. The lowest BCUT2D eigenvalue weighted by Gasteiger charge is -2.29. The minimum Gasteiger partial charge on any atom is -0.308 e. The van der Waals surface area contributed by atoms with E-state index in [0.29, 0.717) is 12.2 Å². The molecule has 0 saturated carbocycles. The topological polar surface area (TPSA) is 20.3 Å². The van der Waals surface area contributed by atoms with E-state index in [9.17, 15) is 9.18 Å². The maximum absolute atomic E-state index is 13.9. The van der Waals surface area contributed by atoms with Crippen molar-refractivity contribution in [3.05, 3.63) is 28.5 Å². The lowest BCUT2D eigenvalue weighted by atomic mass is 10.0. The monoisotopic (exact) mass is 261 g/mol. The van der Waals surface area contributed by atoms with E-state index >= 15 is 0 Å². The zero-order valence-corrected chi connectivity index (χ0v) is 9.98. The summed E-state index contributed by atoms with van der Waals surface area (Å²) >= 11 is 11.2. The van der Waals surface area contributed by atoms with Crippen LogP contribution in [0.4, 0.5) is 10.1 Å². The summed E-state index contributed by atoms with van der Waals surface area (Å²) in [6.45, 7) is 0.496. The fraction of sp³-hybridized carbons (Fsp3) is 0.364. The SMILES string of the molecule is O=C(CCl)N1CCCc2ccc(Cl)c(F)c21. The van der Waals surface area contributed by atoms with Crippen molar-refractivity contribution in [2.24, 2.45) is 0 Å². The van der Waals surface area contributed by atoms with Gasteiger partial charge in [0.15, 0.2) is 5.82 Å². The van der Waals surface area contributed by atoms with Gasteiger partial charge in [0.25, 0.3) is 0 Å². The highest BCUT2D eigenvalue weighted by atomic mass is 35.5. The number of rotatable bonds is 1. The molecular weight excluding hydrogens is 252 g/mol. The first-order valence-corrected chi connectivity index (χ1v) is 5.89. The average molecular weight is 262 g/mol. The van der Waals surface area contributed by atoms with Crippen LogP contribution in [0.3, 0.4) is 0 Å². The highest BCUT2D eigenvalue weighted by Gasteiger charge is 2.26. The molecule has 0 spiro atoms. The van der Waals surface area contributed by atoms with Gasteiger partial charge in [-0.2, -0.15) is 0 Å². The molecule has 0 atom stereocenters. The molecule has 2 nitrogen and oxygen atoms in total. The Bertz CT molecular complexity index is 436. The largest absolute Gasteiger partial charge is 0.308 e. The molecule has 0 unspecified atom stereocenters. The van der Waals surface area contributed by atoms with E-state index in [0.717, 1.165) is 18.4 Å². The van der Waals surface area contributed by atoms with Crippen LogP contribution < -0.4 is 4.90 Å². The number of alkyl halides is 1. The molecule has 16 heavy (non-hydrogen) atoms. The molecule has 86 valence electrons. The van der Waals surface area contributed by atoms with Crippen LogP contribution in [0.15, 0.2) is 12.1 Å². The molecule has 1 aliphatic heterocycles. The summed E-state index contributed by atoms with van der Waals surface area (Å²) in [5.74, 6) is -0.966. The summed E-state index contributed by atoms with van der Waals surface area (Å²) in [7, 11) is 0. The molecule has 1 heterocycles. The van der Waals surface area contributed by atoms with Crippen LogP contribution in [0.1, 0.15) is 12.0 Å². The van der Waals surface area contributed by atoms with Crippen molar-refractivity contribution in [1.29, 1.82) is 0 Å². The highest BCUT2D eigenvalue weighted by molar-refractivity contribution is 6.31. The summed E-state index contributed by atoms with van der Waals surface area (Å²) in [5, 5.41) is 0.0352. The van der Waals surface area contributed by atoms with Crippen molar-refractivity contribution in [2.45, 2.75) is 12.8 Å². The average Bonchev–Trinajstić information content (AvgIpc) is 2.32. The number of halogens is 3. The minimum absolute atomic E-state index is 0.0352. The summed E-state index contributed by atoms with van der Waals surface area (Å²) < 4.78 is 13.9. The van der Waals surface area contributed by atoms with Gasteiger partial charge in [-0.3, -0.25) is 4.79 Å². The summed E-state index contributed by atoms with van der Waals surface area (Å²) in [6.07, 6.45) is 1.58. The Labute approximate surface area is 103 Å². The highest BCUT2D eigenvalue weighted by Crippen LogP contribution is 2.33. The third-order valence-electron chi connectivity index (χ3n) is 2.67. The second-order valence-corrected chi connectivity index (χ2v) is 4.33. The Kier molecular flexibility index (Phi) is 3.36. The number of carbonyl (C=O) groups excluding carboxylic acids is 1. The van der Waals surface area contributed by atoms with Crippen LogP contribution in [0.2, 0.25) is 5.02 Å². The van der Waals surface area contributed by atoms with Crippen molar-refractivity contribution in [3.8, 4) is 0 Å². The van der Waals surface area contributed by atoms with Crippen molar-refractivity contribution >= 4 is 34.8 Å². The molecule has 0 bridgehead atoms. The number of hydrogen-bond acceptors (Lipinski definition) is 1. The number of nitrogens with zero attached hydrogens (tertiary/aromatic N) is 1. The van der Waals surface area contributed by atoms with Crippen molar-refractivity contribution in [3.63, 3.8) is 0 Å². The molecule has 1 amide bonds. The maximum Gasteiger partial charge on any atom is 0.241 e. The molecule has 0 radical (unpaired) electrons. The molecule has 0 N–H and O–H groups in total. The fourth-order valence-electron chi connectivity index (χ4n) is 1.93. The molecule has 0 fully saturated rings. The summed E-state index contributed by atoms with van der Waals surface area (Å²) in [4.78, 5) is 13.0. The van der Waals surface area contributed by atoms with E-state index < -0.39 is 5.82 Å². The van der Waals surface area contributed by atoms with Gasteiger partial charge in [0.05, 0.1) is 10.7 Å². The zero-order valence-electron chi connectivity index (χ0n) is 8.47. The fourth-order valence-corrected chi connectivity index (χ4v) is 2.23. The Hall–Kier alpha value is -0.800. The molecule has 2 rings (SSSR count). The van der Waals surface area contributed by atoms with Crippen molar-refractivity contribution < 1.29 is 9.18 Å². The molecule has 1 aromatic carbocycles. The van der Waals surface area contributed by atoms with Gasteiger partial charge in [0.1, 0.15) is 5.88 Å². The number of hydrogen-bond donors (Lipinski definition) is 0. The van der Waals surface area contributed by atoms with E-state index in [-0.39, 0.29) is 16.8 Å². The number of carbonyl (C=O) groups is 1. The summed E-state index contributed by atoms with van der Waals surface area (Å²) in [5.41, 5.74) is 1.11. The molecular formula is C11H10Cl2FNO. The zero-order chi connectivity index (χ0) is 11.7. The predicted octanol–water partition coefficient (Wildman–Crippen LogP) is 3.00. The number of anilines is 1. The quantitative estimate of drug-likeness (QED) is 0.712. The Balaban J connectivity index is 2.51. The maximum atomic E-state index is 13.9. The molecule has 0 aliphatic carbocycles. The Morgan fingerprint density at radius 1 is 1.50 bits per heavy atom. The van der Waals surface area contributed by atoms with Gasteiger partial charge in [-0.15, -0.1) is 11.6 Å². The van der Waals surface area contributed by atoms with Gasteiger partial charge in [0.2, 0.25) is 5.91 Å². The van der Waals surface area contributed by atoms with Crippen LogP contribution in [-0.2, 0) is 11.2 Å². The molecule has 0 saturated heterocycles. The van der Waals surface area contributed by atoms with Crippen LogP contribution in [0.5, 0.6) is 0 Å². The standard InChI is InChI=1S/C11H10Cl2FNO/c12-6-9(16)15-5-1-2-7-3-4-8(13)10(14)11(7)15/h3-4H,1-2,5-6H2. The van der Waals surface area contributed by atoms with Gasteiger partial charge < -0.3 is 4.90 Å². The van der Waals surface area contributed by atoms with E-state index in [1.807, 2.05) is 0 Å². The van der Waals surface area contributed by atoms with Crippen LogP contribution >= 0.6 is 23.2 Å². The third kappa shape index (κ3) is 1.89. The first-order chi connectivity index (χ1) is 7.65. The summed E-state index contributed by atoms with van der Waals surface area (Å²) in [6, 6.07) is 3.28. The number of fused-ring (bicyclic) bond motifs is 1. The van der Waals surface area contributed by atoms with Crippen LogP contribution in [-0.4, -0.2) is 18.3 Å². The van der Waals surface area contributed by atoms with Gasteiger partial charge in [-0.1, -0.05) is 17.7 Å². The number of amides is 1. The first-order valence-electron chi connectivity index (χ1n) is 4.98. The van der Waals surface area contributed by atoms with E-state index in [1.165, 1.54) is 11.0 Å². The normalized spacial score (nSPS) is 14.8. The van der Waals surface area contributed by atoms with Gasteiger partial charge >= 0.3 is 0 Å². The van der Waals surface area contributed by atoms with Crippen LogP contribution in [0, 0.1) is 5.82 Å². The second kappa shape index (κ2) is 4.60. The van der Waals surface area contributed by atoms with E-state index in [1.54, 1.807) is 6.07 Å². The predicted molar refractivity (Wildman–Crippen MR) is 62.8 cm³/mol. The van der Waals surface area contributed by atoms with Gasteiger partial charge in [-0.25, -0.2) is 4.39 Å². The van der Waals surface area contributed by atoms with Crippen molar-refractivity contribution in [2.75, 3.05) is 17.3 Å². The van der Waals surface area contributed by atoms with Crippen molar-refractivity contribution in [1.82, 2.24) is 0 Å². The molecule has 1 aromatic rings. The van der Waals surface area contributed by atoms with Gasteiger partial charge in [0, 0.05) is 6.54 Å². The molecule has 5 heteroatoms. The lowest BCUT2D eigenvalue weighted by Crippen LogP contribution is -2.37. The molecule has 1 aliphatic rings. The van der Waals surface area contributed by atoms with E-state index in [2.05, 4.69) is 0 Å². The Morgan fingerprint density at radius 2 is 2.25 bits per heavy atom. The number of benzene rings is 1. The third-order valence-corrected chi connectivity index (χ3v) is 3.19. The second-order valence-electron chi connectivity index (χ2n) is 3.65. The van der Waals surface area contributed by atoms with Gasteiger partial charge in [-0.05, 0) is 24.5 Å². The lowest BCUT2D eigenvalue weighted by molar-refractivity contribution is -0.116. The van der Waals surface area contributed by atoms with E-state index in [4.69, 9.17) is 23.2 Å². The smallest absolute Gasteiger partial charge is 0.241 e. The minimum atomic E-state index is -0.530. The van der Waals surface area contributed by atoms with Crippen LogP contribution in [0.25, 0.3) is 0 Å². The number of aryl methyl sites for hydroxylation is 1. The molecule has 0 aromatic heterocycles. The Morgan fingerprint density at radius 3 is 2.94 bits per heavy atom.